The highest BCUT2D eigenvalue weighted by molar-refractivity contribution is 5.66. The number of carboxylic acid groups (broad SMARTS) is 1. The average Bonchev–Trinajstić information content (AvgIpc) is 2.89. The number of aliphatic carboxylic acids is 1. The highest BCUT2D eigenvalue weighted by Gasteiger charge is 1.98. The van der Waals surface area contributed by atoms with Gasteiger partial charge in [0.2, 0.25) is 0 Å². The number of imidazole rings is 1. The number of nitrogens with one attached hydrogen (secondary N) is 1. The number of benzene rings is 1. The molecule has 1 heterocycles. The minimum Gasteiger partial charge on any atom is -0.481 e. The van der Waals surface area contributed by atoms with E-state index in [2.05, 4.69) is 10.3 Å². The molecule has 2 aromatic rings. The number of rotatable bonds is 6. The lowest BCUT2D eigenvalue weighted by atomic mass is 10.2. The van der Waals surface area contributed by atoms with Crippen LogP contribution in [0.3, 0.4) is 0 Å². The van der Waals surface area contributed by atoms with Crippen molar-refractivity contribution in [2.24, 2.45) is 0 Å². The van der Waals surface area contributed by atoms with E-state index in [0.717, 1.165) is 11.3 Å². The Kier molecular flexibility index (Phi) is 4.09. The predicted molar refractivity (Wildman–Crippen MR) is 67.5 cm³/mol. The maximum atomic E-state index is 10.3. The van der Waals surface area contributed by atoms with E-state index in [-0.39, 0.29) is 6.42 Å². The highest BCUT2D eigenvalue weighted by atomic mass is 16.4. The van der Waals surface area contributed by atoms with Gasteiger partial charge in [0.1, 0.15) is 0 Å². The summed E-state index contributed by atoms with van der Waals surface area (Å²) >= 11 is 0. The van der Waals surface area contributed by atoms with Crippen molar-refractivity contribution in [2.75, 3.05) is 6.54 Å². The zero-order chi connectivity index (χ0) is 12.8. The van der Waals surface area contributed by atoms with Crippen LogP contribution in [0.25, 0.3) is 5.69 Å². The first-order chi connectivity index (χ1) is 8.75. The van der Waals surface area contributed by atoms with Gasteiger partial charge in [-0.15, -0.1) is 0 Å². The van der Waals surface area contributed by atoms with Crippen LogP contribution in [0.5, 0.6) is 0 Å². The molecule has 0 unspecified atom stereocenters. The number of hydrogen-bond acceptors (Lipinski definition) is 3. The molecule has 2 N–H and O–H groups in total. The molecule has 5 nitrogen and oxygen atoms in total. The van der Waals surface area contributed by atoms with E-state index in [1.165, 1.54) is 0 Å². The van der Waals surface area contributed by atoms with Gasteiger partial charge in [-0.3, -0.25) is 4.79 Å². The van der Waals surface area contributed by atoms with Crippen LogP contribution in [0.2, 0.25) is 0 Å². The van der Waals surface area contributed by atoms with Gasteiger partial charge in [0.25, 0.3) is 0 Å². The van der Waals surface area contributed by atoms with Gasteiger partial charge in [-0.1, -0.05) is 12.1 Å². The minimum absolute atomic E-state index is 0.146. The zero-order valence-corrected chi connectivity index (χ0v) is 9.91. The van der Waals surface area contributed by atoms with E-state index in [9.17, 15) is 4.79 Å². The molecule has 0 aliphatic rings. The zero-order valence-electron chi connectivity index (χ0n) is 9.91. The third kappa shape index (κ3) is 3.43. The van der Waals surface area contributed by atoms with Crippen LogP contribution in [0.15, 0.2) is 43.0 Å². The van der Waals surface area contributed by atoms with Gasteiger partial charge in [0.05, 0.1) is 12.7 Å². The maximum absolute atomic E-state index is 10.3. The summed E-state index contributed by atoms with van der Waals surface area (Å²) in [5, 5.41) is 11.6. The minimum atomic E-state index is -0.780. The molecule has 5 heteroatoms. The Morgan fingerprint density at radius 1 is 1.33 bits per heavy atom. The molecule has 18 heavy (non-hydrogen) atoms. The first-order valence-electron chi connectivity index (χ1n) is 5.75. The molecule has 94 valence electrons. The summed E-state index contributed by atoms with van der Waals surface area (Å²) in [5.41, 5.74) is 2.19. The van der Waals surface area contributed by atoms with Crippen molar-refractivity contribution in [1.29, 1.82) is 0 Å². The lowest BCUT2D eigenvalue weighted by Crippen LogP contribution is -2.17. The Bertz CT molecular complexity index is 491. The van der Waals surface area contributed by atoms with Crippen LogP contribution in [0.4, 0.5) is 0 Å². The van der Waals surface area contributed by atoms with Crippen LogP contribution in [0.1, 0.15) is 12.0 Å². The fourth-order valence-electron chi connectivity index (χ4n) is 1.63. The molecule has 0 amide bonds. The van der Waals surface area contributed by atoms with Gasteiger partial charge >= 0.3 is 5.97 Å². The Morgan fingerprint density at radius 3 is 2.72 bits per heavy atom. The molecular formula is C13H15N3O2. The van der Waals surface area contributed by atoms with Crippen molar-refractivity contribution in [3.8, 4) is 5.69 Å². The van der Waals surface area contributed by atoms with Crippen LogP contribution in [-0.4, -0.2) is 27.2 Å². The van der Waals surface area contributed by atoms with Crippen LogP contribution < -0.4 is 5.32 Å². The number of aromatic nitrogens is 2. The monoisotopic (exact) mass is 245 g/mol. The molecule has 0 aliphatic carbocycles. The normalized spacial score (nSPS) is 10.4. The van der Waals surface area contributed by atoms with Crippen molar-refractivity contribution in [2.45, 2.75) is 13.0 Å². The molecule has 0 saturated carbocycles. The SMILES string of the molecule is O=C(O)CCNCc1ccc(-n2ccnc2)cc1. The first-order valence-corrected chi connectivity index (χ1v) is 5.75. The number of carbonyl (C=O) groups is 1. The second kappa shape index (κ2) is 5.97. The molecule has 2 rings (SSSR count). The molecule has 0 radical (unpaired) electrons. The summed E-state index contributed by atoms with van der Waals surface area (Å²) in [6, 6.07) is 8.05. The summed E-state index contributed by atoms with van der Waals surface area (Å²) in [4.78, 5) is 14.3. The average molecular weight is 245 g/mol. The highest BCUT2D eigenvalue weighted by Crippen LogP contribution is 2.08. The number of hydrogen-bond donors (Lipinski definition) is 2. The van der Waals surface area contributed by atoms with Crippen LogP contribution >= 0.6 is 0 Å². The Balaban J connectivity index is 1.86. The third-order valence-corrected chi connectivity index (χ3v) is 2.58. The van der Waals surface area contributed by atoms with Crippen molar-refractivity contribution in [1.82, 2.24) is 14.9 Å². The topological polar surface area (TPSA) is 67.2 Å². The van der Waals surface area contributed by atoms with Crippen LogP contribution in [0, 0.1) is 0 Å². The van der Waals surface area contributed by atoms with Crippen molar-refractivity contribution >= 4 is 5.97 Å². The van der Waals surface area contributed by atoms with Crippen molar-refractivity contribution < 1.29 is 9.90 Å². The van der Waals surface area contributed by atoms with E-state index in [1.54, 1.807) is 12.5 Å². The van der Waals surface area contributed by atoms with Gasteiger partial charge in [0.15, 0.2) is 0 Å². The quantitative estimate of drug-likeness (QED) is 0.756. The van der Waals surface area contributed by atoms with Gasteiger partial charge in [-0.25, -0.2) is 4.98 Å². The van der Waals surface area contributed by atoms with Gasteiger partial charge in [-0.2, -0.15) is 0 Å². The Labute approximate surface area is 105 Å². The molecule has 0 atom stereocenters. The molecule has 0 fully saturated rings. The predicted octanol–water partition coefficient (Wildman–Crippen LogP) is 1.44. The van der Waals surface area contributed by atoms with E-state index in [0.29, 0.717) is 13.1 Å². The van der Waals surface area contributed by atoms with Gasteiger partial charge < -0.3 is 15.0 Å². The summed E-state index contributed by atoms with van der Waals surface area (Å²) < 4.78 is 1.93. The number of carboxylic acids is 1. The fourth-order valence-corrected chi connectivity index (χ4v) is 1.63. The van der Waals surface area contributed by atoms with E-state index >= 15 is 0 Å². The molecule has 0 saturated heterocycles. The Hall–Kier alpha value is -2.14. The van der Waals surface area contributed by atoms with Crippen LogP contribution in [-0.2, 0) is 11.3 Å². The van der Waals surface area contributed by atoms with Gasteiger partial charge in [-0.05, 0) is 17.7 Å². The standard InChI is InChI=1S/C13H15N3O2/c17-13(18)5-6-14-9-11-1-3-12(4-2-11)16-8-7-15-10-16/h1-4,7-8,10,14H,5-6,9H2,(H,17,18). The lowest BCUT2D eigenvalue weighted by molar-refractivity contribution is -0.136. The number of nitrogens with zero attached hydrogens (tertiary/aromatic N) is 2. The molecule has 0 bridgehead atoms. The lowest BCUT2D eigenvalue weighted by Gasteiger charge is -2.05. The largest absolute Gasteiger partial charge is 0.481 e. The molecule has 1 aromatic heterocycles. The third-order valence-electron chi connectivity index (χ3n) is 2.58. The van der Waals surface area contributed by atoms with Gasteiger partial charge in [0, 0.05) is 31.2 Å². The second-order valence-electron chi connectivity index (χ2n) is 3.96. The molecular weight excluding hydrogens is 230 g/mol. The molecule has 0 spiro atoms. The smallest absolute Gasteiger partial charge is 0.304 e. The summed E-state index contributed by atoms with van der Waals surface area (Å²) in [6.07, 6.45) is 5.52. The summed E-state index contributed by atoms with van der Waals surface area (Å²) in [6.45, 7) is 1.16. The first kappa shape index (κ1) is 12.3. The van der Waals surface area contributed by atoms with E-state index < -0.39 is 5.97 Å². The van der Waals surface area contributed by atoms with Crippen molar-refractivity contribution in [3.05, 3.63) is 48.5 Å². The summed E-state index contributed by atoms with van der Waals surface area (Å²) in [7, 11) is 0. The maximum Gasteiger partial charge on any atom is 0.304 e. The van der Waals surface area contributed by atoms with E-state index in [1.807, 2.05) is 35.0 Å². The molecule has 1 aromatic carbocycles. The van der Waals surface area contributed by atoms with Crippen molar-refractivity contribution in [3.63, 3.8) is 0 Å². The fraction of sp³-hybridized carbons (Fsp3) is 0.231. The molecule has 0 aliphatic heterocycles. The Morgan fingerprint density at radius 2 is 2.11 bits per heavy atom. The summed E-state index contributed by atoms with van der Waals surface area (Å²) in [5.74, 6) is -0.780. The second-order valence-corrected chi connectivity index (χ2v) is 3.96. The van der Waals surface area contributed by atoms with E-state index in [4.69, 9.17) is 5.11 Å².